The van der Waals surface area contributed by atoms with Crippen LogP contribution in [0.15, 0.2) is 69.1 Å². The molecule has 0 N–H and O–H groups in total. The lowest BCUT2D eigenvalue weighted by molar-refractivity contribution is -0.116. The van der Waals surface area contributed by atoms with E-state index in [1.165, 1.54) is 0 Å². The van der Waals surface area contributed by atoms with Gasteiger partial charge in [-0.1, -0.05) is 35.9 Å². The molecule has 2 aliphatic rings. The predicted octanol–water partition coefficient (Wildman–Crippen LogP) is 4.98. The highest BCUT2D eigenvalue weighted by molar-refractivity contribution is 6.30. The van der Waals surface area contributed by atoms with Crippen molar-refractivity contribution in [1.29, 1.82) is 0 Å². The van der Waals surface area contributed by atoms with Gasteiger partial charge in [-0.2, -0.15) is 0 Å². The third-order valence-electron chi connectivity index (χ3n) is 5.21. The Morgan fingerprint density at radius 2 is 1.74 bits per heavy atom. The predicted molar refractivity (Wildman–Crippen MR) is 102 cm³/mol. The van der Waals surface area contributed by atoms with Gasteiger partial charge >= 0.3 is 5.63 Å². The minimum atomic E-state index is -0.505. The van der Waals surface area contributed by atoms with Crippen LogP contribution in [-0.4, -0.2) is 5.78 Å². The molecule has 134 valence electrons. The molecule has 2 heterocycles. The normalized spacial score (nSPS) is 18.9. The largest absolute Gasteiger partial charge is 0.460 e. The van der Waals surface area contributed by atoms with Crippen molar-refractivity contribution in [3.8, 4) is 5.75 Å². The standard InChI is InChI=1S/C22H15ClO4/c23-13-10-8-12(9-11-13)18-19-15(24)5-3-7-17(19)26-21-14-4-1-2-6-16(14)27-22(25)20(18)21/h1-2,4,6,8-11,18H,3,5,7H2/t18-/m0/s1. The number of carbonyl (C=O) groups is 1. The molecule has 2 aromatic carbocycles. The summed E-state index contributed by atoms with van der Waals surface area (Å²) in [6.45, 7) is 0. The van der Waals surface area contributed by atoms with Crippen LogP contribution >= 0.6 is 11.6 Å². The maximum atomic E-state index is 12.9. The monoisotopic (exact) mass is 378 g/mol. The van der Waals surface area contributed by atoms with Crippen LogP contribution in [0.3, 0.4) is 0 Å². The van der Waals surface area contributed by atoms with E-state index < -0.39 is 11.5 Å². The van der Waals surface area contributed by atoms with Gasteiger partial charge in [0.1, 0.15) is 17.1 Å². The van der Waals surface area contributed by atoms with Crippen molar-refractivity contribution in [3.05, 3.63) is 86.4 Å². The molecule has 0 radical (unpaired) electrons. The number of allylic oxidation sites excluding steroid dienone is 2. The van der Waals surface area contributed by atoms with Crippen molar-refractivity contribution in [1.82, 2.24) is 0 Å². The Morgan fingerprint density at radius 3 is 2.56 bits per heavy atom. The van der Waals surface area contributed by atoms with Gasteiger partial charge in [0.15, 0.2) is 5.78 Å². The van der Waals surface area contributed by atoms with Gasteiger partial charge in [-0.15, -0.1) is 0 Å². The zero-order valence-electron chi connectivity index (χ0n) is 14.3. The first kappa shape index (κ1) is 16.3. The maximum absolute atomic E-state index is 12.9. The van der Waals surface area contributed by atoms with Crippen LogP contribution in [-0.2, 0) is 4.79 Å². The summed E-state index contributed by atoms with van der Waals surface area (Å²) < 4.78 is 11.7. The van der Waals surface area contributed by atoms with Crippen molar-refractivity contribution < 1.29 is 13.9 Å². The van der Waals surface area contributed by atoms with Gasteiger partial charge in [-0.25, -0.2) is 4.79 Å². The van der Waals surface area contributed by atoms with E-state index in [0.29, 0.717) is 46.1 Å². The van der Waals surface area contributed by atoms with Gasteiger partial charge < -0.3 is 9.15 Å². The van der Waals surface area contributed by atoms with Crippen molar-refractivity contribution in [3.63, 3.8) is 0 Å². The van der Waals surface area contributed by atoms with Crippen LogP contribution in [0.2, 0.25) is 5.02 Å². The lowest BCUT2D eigenvalue weighted by atomic mass is 9.77. The number of ether oxygens (including phenoxy) is 1. The van der Waals surface area contributed by atoms with E-state index >= 15 is 0 Å². The molecular weight excluding hydrogens is 364 g/mol. The summed E-state index contributed by atoms with van der Waals surface area (Å²) in [7, 11) is 0. The average Bonchev–Trinajstić information content (AvgIpc) is 2.68. The summed E-state index contributed by atoms with van der Waals surface area (Å²) >= 11 is 6.04. The van der Waals surface area contributed by atoms with Crippen molar-refractivity contribution in [2.24, 2.45) is 0 Å². The highest BCUT2D eigenvalue weighted by Crippen LogP contribution is 2.47. The quantitative estimate of drug-likeness (QED) is 0.560. The zero-order valence-corrected chi connectivity index (χ0v) is 15.1. The lowest BCUT2D eigenvalue weighted by Gasteiger charge is -2.32. The van der Waals surface area contributed by atoms with Crippen molar-refractivity contribution >= 4 is 28.4 Å². The van der Waals surface area contributed by atoms with Crippen LogP contribution in [0, 0.1) is 0 Å². The Kier molecular flexibility index (Phi) is 3.69. The van der Waals surface area contributed by atoms with E-state index in [1.807, 2.05) is 30.3 Å². The maximum Gasteiger partial charge on any atom is 0.344 e. The summed E-state index contributed by atoms with van der Waals surface area (Å²) in [6.07, 6.45) is 1.89. The second-order valence-corrected chi connectivity index (χ2v) is 7.27. The molecule has 0 unspecified atom stereocenters. The van der Waals surface area contributed by atoms with E-state index in [4.69, 9.17) is 20.8 Å². The minimum Gasteiger partial charge on any atom is -0.460 e. The number of para-hydroxylation sites is 1. The van der Waals surface area contributed by atoms with Crippen molar-refractivity contribution in [2.75, 3.05) is 0 Å². The number of fused-ring (bicyclic) bond motifs is 3. The average molecular weight is 379 g/mol. The van der Waals surface area contributed by atoms with Crippen LogP contribution < -0.4 is 10.4 Å². The summed E-state index contributed by atoms with van der Waals surface area (Å²) in [6, 6.07) is 14.5. The van der Waals surface area contributed by atoms with Gasteiger partial charge in [-0.3, -0.25) is 4.79 Å². The Bertz CT molecular complexity index is 1170. The molecule has 0 fully saturated rings. The third-order valence-corrected chi connectivity index (χ3v) is 5.47. The molecule has 1 atom stereocenters. The molecule has 0 amide bonds. The van der Waals surface area contributed by atoms with E-state index in [-0.39, 0.29) is 5.78 Å². The molecule has 1 aliphatic carbocycles. The summed E-state index contributed by atoms with van der Waals surface area (Å²) in [5.41, 5.74) is 1.77. The topological polar surface area (TPSA) is 56.5 Å². The minimum absolute atomic E-state index is 0.0226. The molecule has 0 bridgehead atoms. The number of benzene rings is 2. The van der Waals surface area contributed by atoms with Crippen LogP contribution in [0.25, 0.3) is 11.0 Å². The molecule has 5 heteroatoms. The number of Topliss-reactive ketones (excluding diaryl/α,β-unsaturated/α-hetero) is 1. The molecule has 1 aliphatic heterocycles. The Hall–Kier alpha value is -2.85. The Morgan fingerprint density at radius 1 is 0.963 bits per heavy atom. The highest BCUT2D eigenvalue weighted by atomic mass is 35.5. The fraction of sp³-hybridized carbons (Fsp3) is 0.182. The number of halogens is 1. The van der Waals surface area contributed by atoms with Gasteiger partial charge in [-0.05, 0) is 36.2 Å². The molecule has 3 aromatic rings. The smallest absolute Gasteiger partial charge is 0.344 e. The number of hydrogen-bond donors (Lipinski definition) is 0. The highest BCUT2D eigenvalue weighted by Gasteiger charge is 2.39. The SMILES string of the molecule is O=C1CCCC2=C1[C@H](c1ccc(Cl)cc1)c1c(c3ccccc3oc1=O)O2. The van der Waals surface area contributed by atoms with E-state index in [9.17, 15) is 9.59 Å². The third kappa shape index (κ3) is 2.52. The fourth-order valence-electron chi connectivity index (χ4n) is 4.01. The van der Waals surface area contributed by atoms with Crippen molar-refractivity contribution in [2.45, 2.75) is 25.2 Å². The summed E-state index contributed by atoms with van der Waals surface area (Å²) in [4.78, 5) is 25.7. The summed E-state index contributed by atoms with van der Waals surface area (Å²) in [5, 5.41) is 1.33. The fourth-order valence-corrected chi connectivity index (χ4v) is 4.14. The van der Waals surface area contributed by atoms with Crippen LogP contribution in [0.4, 0.5) is 0 Å². The molecule has 4 nitrogen and oxygen atoms in total. The number of ketones is 1. The summed E-state index contributed by atoms with van der Waals surface area (Å²) in [5.74, 6) is 0.675. The molecular formula is C22H15ClO4. The van der Waals surface area contributed by atoms with Gasteiger partial charge in [0, 0.05) is 23.4 Å². The first-order chi connectivity index (χ1) is 13.1. The van der Waals surface area contributed by atoms with Crippen LogP contribution in [0.5, 0.6) is 5.75 Å². The number of hydrogen-bond acceptors (Lipinski definition) is 4. The van der Waals surface area contributed by atoms with E-state index in [0.717, 1.165) is 17.4 Å². The molecule has 1 aromatic heterocycles. The molecule has 0 saturated heterocycles. The number of carbonyl (C=O) groups excluding carboxylic acids is 1. The van der Waals surface area contributed by atoms with Gasteiger partial charge in [0.25, 0.3) is 0 Å². The Balaban J connectivity index is 1.85. The van der Waals surface area contributed by atoms with Gasteiger partial charge in [0.2, 0.25) is 0 Å². The van der Waals surface area contributed by atoms with E-state index in [2.05, 4.69) is 0 Å². The van der Waals surface area contributed by atoms with E-state index in [1.54, 1.807) is 18.2 Å². The first-order valence-corrected chi connectivity index (χ1v) is 9.26. The van der Waals surface area contributed by atoms with Crippen LogP contribution in [0.1, 0.15) is 36.3 Å². The molecule has 0 spiro atoms. The number of rotatable bonds is 1. The first-order valence-electron chi connectivity index (χ1n) is 8.89. The lowest BCUT2D eigenvalue weighted by Crippen LogP contribution is -2.29. The second-order valence-electron chi connectivity index (χ2n) is 6.83. The van der Waals surface area contributed by atoms with Gasteiger partial charge in [0.05, 0.1) is 16.9 Å². The molecule has 5 rings (SSSR count). The second kappa shape index (κ2) is 6.10. The zero-order chi connectivity index (χ0) is 18.5. The Labute approximate surface area is 160 Å². The molecule has 27 heavy (non-hydrogen) atoms. The molecule has 0 saturated carbocycles.